The lowest BCUT2D eigenvalue weighted by Gasteiger charge is -1.98. The number of hydrogen-bond donors (Lipinski definition) is 2. The molecule has 0 saturated heterocycles. The van der Waals surface area contributed by atoms with Crippen molar-refractivity contribution in [2.24, 2.45) is 0 Å². The number of aromatic nitrogens is 2. The van der Waals surface area contributed by atoms with Crippen molar-refractivity contribution in [2.45, 2.75) is 26.7 Å². The summed E-state index contributed by atoms with van der Waals surface area (Å²) in [6, 6.07) is 0. The number of aromatic amines is 1. The molecular formula is C11H12N2O3S. The van der Waals surface area contributed by atoms with E-state index in [1.54, 1.807) is 0 Å². The second-order valence-electron chi connectivity index (χ2n) is 3.87. The van der Waals surface area contributed by atoms with Gasteiger partial charge < -0.3 is 10.1 Å². The van der Waals surface area contributed by atoms with Crippen LogP contribution in [0.4, 0.5) is 0 Å². The quantitative estimate of drug-likeness (QED) is 0.869. The zero-order chi connectivity index (χ0) is 12.6. The number of rotatable bonds is 3. The summed E-state index contributed by atoms with van der Waals surface area (Å²) in [5.74, 6) is -0.461. The topological polar surface area (TPSA) is 83.0 Å². The molecule has 0 atom stereocenters. The third-order valence-electron chi connectivity index (χ3n) is 2.66. The van der Waals surface area contributed by atoms with Crippen LogP contribution in [0, 0.1) is 13.8 Å². The Morgan fingerprint density at radius 2 is 2.18 bits per heavy atom. The molecule has 0 radical (unpaired) electrons. The van der Waals surface area contributed by atoms with E-state index in [1.165, 1.54) is 11.3 Å². The number of hydrogen-bond acceptors (Lipinski definition) is 4. The molecule has 6 heteroatoms. The zero-order valence-electron chi connectivity index (χ0n) is 9.53. The lowest BCUT2D eigenvalue weighted by molar-refractivity contribution is -0.137. The number of carboxylic acid groups (broad SMARTS) is 1. The number of aryl methyl sites for hydroxylation is 3. The van der Waals surface area contributed by atoms with E-state index in [-0.39, 0.29) is 18.4 Å². The minimum atomic E-state index is -0.897. The van der Waals surface area contributed by atoms with Crippen molar-refractivity contribution in [3.05, 3.63) is 26.6 Å². The Balaban J connectivity index is 2.49. The number of nitrogens with zero attached hydrogens (tertiary/aromatic N) is 1. The van der Waals surface area contributed by atoms with E-state index >= 15 is 0 Å². The number of carbonyl (C=O) groups is 1. The summed E-state index contributed by atoms with van der Waals surface area (Å²) in [6.07, 6.45) is 0.217. The number of H-pyrrole nitrogens is 1. The number of fused-ring (bicyclic) bond motifs is 1. The standard InChI is InChI=1S/C11H12N2O3S/c1-5-6(2)17-11-9(5)10(16)12-7(13-11)3-4-8(14)15/h3-4H2,1-2H3,(H,14,15)(H,12,13,16). The molecule has 0 bridgehead atoms. The van der Waals surface area contributed by atoms with Crippen molar-refractivity contribution in [3.63, 3.8) is 0 Å². The minimum absolute atomic E-state index is 0.0300. The first-order chi connectivity index (χ1) is 7.99. The van der Waals surface area contributed by atoms with E-state index in [9.17, 15) is 9.59 Å². The van der Waals surface area contributed by atoms with Crippen LogP contribution in [0.1, 0.15) is 22.7 Å². The van der Waals surface area contributed by atoms with Crippen LogP contribution in [0.15, 0.2) is 4.79 Å². The van der Waals surface area contributed by atoms with Crippen LogP contribution in [0.25, 0.3) is 10.2 Å². The molecule has 2 rings (SSSR count). The predicted molar refractivity (Wildman–Crippen MR) is 65.7 cm³/mol. The second-order valence-corrected chi connectivity index (χ2v) is 5.07. The summed E-state index contributed by atoms with van der Waals surface area (Å²) in [4.78, 5) is 31.0. The smallest absolute Gasteiger partial charge is 0.303 e. The van der Waals surface area contributed by atoms with Crippen LogP contribution >= 0.6 is 11.3 Å². The Morgan fingerprint density at radius 1 is 1.47 bits per heavy atom. The van der Waals surface area contributed by atoms with E-state index in [0.29, 0.717) is 16.0 Å². The van der Waals surface area contributed by atoms with Gasteiger partial charge in [-0.2, -0.15) is 0 Å². The van der Waals surface area contributed by atoms with Crippen molar-refractivity contribution < 1.29 is 9.90 Å². The fraction of sp³-hybridized carbons (Fsp3) is 0.364. The first-order valence-corrected chi connectivity index (χ1v) is 6.01. The number of thiophene rings is 1. The SMILES string of the molecule is Cc1sc2nc(CCC(=O)O)[nH]c(=O)c2c1C. The van der Waals surface area contributed by atoms with Gasteiger partial charge >= 0.3 is 5.97 Å². The monoisotopic (exact) mass is 252 g/mol. The molecule has 0 aliphatic carbocycles. The zero-order valence-corrected chi connectivity index (χ0v) is 10.3. The van der Waals surface area contributed by atoms with Gasteiger partial charge in [-0.25, -0.2) is 4.98 Å². The van der Waals surface area contributed by atoms with Crippen molar-refractivity contribution in [2.75, 3.05) is 0 Å². The molecule has 17 heavy (non-hydrogen) atoms. The van der Waals surface area contributed by atoms with Crippen molar-refractivity contribution >= 4 is 27.5 Å². The van der Waals surface area contributed by atoms with E-state index < -0.39 is 5.97 Å². The van der Waals surface area contributed by atoms with E-state index in [0.717, 1.165) is 10.4 Å². The third-order valence-corrected chi connectivity index (χ3v) is 3.76. The molecule has 2 heterocycles. The van der Waals surface area contributed by atoms with Crippen molar-refractivity contribution in [1.29, 1.82) is 0 Å². The molecule has 90 valence electrons. The number of nitrogens with one attached hydrogen (secondary N) is 1. The summed E-state index contributed by atoms with van der Waals surface area (Å²) in [5.41, 5.74) is 0.765. The molecular weight excluding hydrogens is 240 g/mol. The third kappa shape index (κ3) is 2.21. The van der Waals surface area contributed by atoms with Crippen LogP contribution in [-0.2, 0) is 11.2 Å². The predicted octanol–water partition coefficient (Wildman–Crippen LogP) is 1.62. The molecule has 0 spiro atoms. The fourth-order valence-electron chi connectivity index (χ4n) is 1.64. The highest BCUT2D eigenvalue weighted by Crippen LogP contribution is 2.25. The molecule has 2 N–H and O–H groups in total. The Bertz CT molecular complexity index is 642. The average molecular weight is 252 g/mol. The van der Waals surface area contributed by atoms with E-state index in [1.807, 2.05) is 13.8 Å². The van der Waals surface area contributed by atoms with Gasteiger partial charge in [-0.3, -0.25) is 9.59 Å². The van der Waals surface area contributed by atoms with Crippen LogP contribution in [0.5, 0.6) is 0 Å². The Hall–Kier alpha value is -1.69. The molecule has 0 amide bonds. The molecule has 0 saturated carbocycles. The Kier molecular flexibility index (Phi) is 2.97. The van der Waals surface area contributed by atoms with Crippen LogP contribution < -0.4 is 5.56 Å². The highest BCUT2D eigenvalue weighted by atomic mass is 32.1. The van der Waals surface area contributed by atoms with Gasteiger partial charge in [-0.05, 0) is 19.4 Å². The molecule has 0 aliphatic rings. The van der Waals surface area contributed by atoms with Gasteiger partial charge in [0.15, 0.2) is 0 Å². The molecule has 0 fully saturated rings. The minimum Gasteiger partial charge on any atom is -0.481 e. The Labute approximate surface area is 101 Å². The van der Waals surface area contributed by atoms with Crippen LogP contribution in [0.3, 0.4) is 0 Å². The lowest BCUT2D eigenvalue weighted by Crippen LogP contribution is -2.12. The first-order valence-electron chi connectivity index (χ1n) is 5.19. The summed E-state index contributed by atoms with van der Waals surface area (Å²) in [5, 5.41) is 9.21. The van der Waals surface area contributed by atoms with Crippen LogP contribution in [0.2, 0.25) is 0 Å². The molecule has 0 aliphatic heterocycles. The average Bonchev–Trinajstić information content (AvgIpc) is 2.52. The maximum atomic E-state index is 11.8. The fourth-order valence-corrected chi connectivity index (χ4v) is 2.69. The van der Waals surface area contributed by atoms with E-state index in [2.05, 4.69) is 9.97 Å². The summed E-state index contributed by atoms with van der Waals surface area (Å²) >= 11 is 1.46. The first kappa shape index (κ1) is 11.8. The van der Waals surface area contributed by atoms with Gasteiger partial charge in [0.25, 0.3) is 5.56 Å². The largest absolute Gasteiger partial charge is 0.481 e. The molecule has 5 nitrogen and oxygen atoms in total. The van der Waals surface area contributed by atoms with Gasteiger partial charge in [0.05, 0.1) is 11.8 Å². The Morgan fingerprint density at radius 3 is 2.82 bits per heavy atom. The van der Waals surface area contributed by atoms with Gasteiger partial charge in [0.1, 0.15) is 10.7 Å². The van der Waals surface area contributed by atoms with Crippen LogP contribution in [-0.4, -0.2) is 21.0 Å². The number of carboxylic acids is 1. The number of aliphatic carboxylic acids is 1. The second kappa shape index (κ2) is 4.29. The highest BCUT2D eigenvalue weighted by molar-refractivity contribution is 7.18. The summed E-state index contributed by atoms with van der Waals surface area (Å²) < 4.78 is 0. The molecule has 0 aromatic carbocycles. The normalized spacial score (nSPS) is 10.9. The highest BCUT2D eigenvalue weighted by Gasteiger charge is 2.12. The maximum Gasteiger partial charge on any atom is 0.303 e. The van der Waals surface area contributed by atoms with Gasteiger partial charge in [0.2, 0.25) is 0 Å². The van der Waals surface area contributed by atoms with E-state index in [4.69, 9.17) is 5.11 Å². The van der Waals surface area contributed by atoms with Crippen molar-refractivity contribution in [1.82, 2.24) is 9.97 Å². The van der Waals surface area contributed by atoms with Gasteiger partial charge in [-0.15, -0.1) is 11.3 Å². The molecule has 2 aromatic heterocycles. The van der Waals surface area contributed by atoms with Crippen molar-refractivity contribution in [3.8, 4) is 0 Å². The maximum absolute atomic E-state index is 11.8. The summed E-state index contributed by atoms with van der Waals surface area (Å²) in [6.45, 7) is 3.83. The molecule has 2 aromatic rings. The van der Waals surface area contributed by atoms with Gasteiger partial charge in [0, 0.05) is 11.3 Å². The lowest BCUT2D eigenvalue weighted by atomic mass is 10.2. The summed E-state index contributed by atoms with van der Waals surface area (Å²) in [7, 11) is 0. The molecule has 0 unspecified atom stereocenters. The van der Waals surface area contributed by atoms with Gasteiger partial charge in [-0.1, -0.05) is 0 Å².